The fourth-order valence-electron chi connectivity index (χ4n) is 2.68. The summed E-state index contributed by atoms with van der Waals surface area (Å²) >= 11 is 0. The molecule has 5 nitrogen and oxygen atoms in total. The molecule has 0 bridgehead atoms. The quantitative estimate of drug-likeness (QED) is 0.782. The Hall–Kier alpha value is -1.59. The van der Waals surface area contributed by atoms with E-state index < -0.39 is 0 Å². The second kappa shape index (κ2) is 8.76. The van der Waals surface area contributed by atoms with Crippen LogP contribution in [0.15, 0.2) is 24.3 Å². The zero-order valence-corrected chi connectivity index (χ0v) is 13.5. The van der Waals surface area contributed by atoms with Gasteiger partial charge in [0.2, 0.25) is 0 Å². The van der Waals surface area contributed by atoms with E-state index in [1.807, 2.05) is 36.2 Å². The maximum absolute atomic E-state index is 12.6. The molecule has 0 spiro atoms. The minimum atomic E-state index is 0.0641. The molecule has 1 fully saturated rings. The summed E-state index contributed by atoms with van der Waals surface area (Å²) in [6, 6.07) is 7.75. The monoisotopic (exact) mass is 306 g/mol. The van der Waals surface area contributed by atoms with Gasteiger partial charge in [0.05, 0.1) is 6.61 Å². The molecule has 122 valence electrons. The third kappa shape index (κ3) is 4.71. The minimum absolute atomic E-state index is 0.0641. The van der Waals surface area contributed by atoms with Crippen molar-refractivity contribution in [3.8, 4) is 5.75 Å². The lowest BCUT2D eigenvalue weighted by atomic mass is 10.0. The van der Waals surface area contributed by atoms with Crippen LogP contribution in [0.5, 0.6) is 5.75 Å². The smallest absolute Gasteiger partial charge is 0.253 e. The molecule has 0 aromatic heterocycles. The highest BCUT2D eigenvalue weighted by molar-refractivity contribution is 5.94. The van der Waals surface area contributed by atoms with Crippen molar-refractivity contribution < 1.29 is 14.3 Å². The molecule has 1 aliphatic rings. The Morgan fingerprint density at radius 2 is 2.09 bits per heavy atom. The molecule has 1 aromatic rings. The van der Waals surface area contributed by atoms with E-state index in [0.717, 1.165) is 38.1 Å². The van der Waals surface area contributed by atoms with Crippen LogP contribution in [0.2, 0.25) is 0 Å². The summed E-state index contributed by atoms with van der Waals surface area (Å²) in [5.41, 5.74) is 0.685. The normalized spacial score (nSPS) is 15.5. The van der Waals surface area contributed by atoms with Gasteiger partial charge < -0.3 is 19.7 Å². The lowest BCUT2D eigenvalue weighted by Crippen LogP contribution is -2.43. The van der Waals surface area contributed by atoms with Gasteiger partial charge in [0.1, 0.15) is 5.75 Å². The van der Waals surface area contributed by atoms with Gasteiger partial charge in [-0.2, -0.15) is 0 Å². The molecule has 1 amide bonds. The van der Waals surface area contributed by atoms with Gasteiger partial charge in [-0.25, -0.2) is 0 Å². The number of benzene rings is 1. The van der Waals surface area contributed by atoms with Crippen molar-refractivity contribution in [1.82, 2.24) is 10.2 Å². The van der Waals surface area contributed by atoms with Crippen LogP contribution in [0.3, 0.4) is 0 Å². The number of rotatable bonds is 7. The number of nitrogens with zero attached hydrogens (tertiary/aromatic N) is 1. The molecule has 0 saturated carbocycles. The van der Waals surface area contributed by atoms with Gasteiger partial charge in [0.25, 0.3) is 5.91 Å². The number of carbonyl (C=O) groups excluding carboxylic acids is 1. The van der Waals surface area contributed by atoms with Gasteiger partial charge in [-0.3, -0.25) is 4.79 Å². The van der Waals surface area contributed by atoms with E-state index in [9.17, 15) is 4.79 Å². The van der Waals surface area contributed by atoms with Gasteiger partial charge in [0.15, 0.2) is 0 Å². The Morgan fingerprint density at radius 3 is 2.82 bits per heavy atom. The van der Waals surface area contributed by atoms with Crippen molar-refractivity contribution in [2.24, 2.45) is 0 Å². The van der Waals surface area contributed by atoms with Gasteiger partial charge >= 0.3 is 0 Å². The summed E-state index contributed by atoms with van der Waals surface area (Å²) in [4.78, 5) is 14.5. The number of piperidine rings is 1. The van der Waals surface area contributed by atoms with E-state index in [-0.39, 0.29) is 5.91 Å². The first-order valence-corrected chi connectivity index (χ1v) is 7.92. The summed E-state index contributed by atoms with van der Waals surface area (Å²) in [7, 11) is 3.57. The molecule has 22 heavy (non-hydrogen) atoms. The zero-order valence-electron chi connectivity index (χ0n) is 13.5. The molecule has 5 heteroatoms. The predicted molar refractivity (Wildman–Crippen MR) is 86.4 cm³/mol. The van der Waals surface area contributed by atoms with Crippen molar-refractivity contribution in [1.29, 1.82) is 0 Å². The first-order chi connectivity index (χ1) is 10.7. The third-order valence-corrected chi connectivity index (χ3v) is 4.02. The van der Waals surface area contributed by atoms with E-state index in [2.05, 4.69) is 5.32 Å². The van der Waals surface area contributed by atoms with E-state index >= 15 is 0 Å². The predicted octanol–water partition coefficient (Wildman–Crippen LogP) is 1.93. The van der Waals surface area contributed by atoms with Crippen LogP contribution in [-0.4, -0.2) is 57.3 Å². The molecule has 0 unspecified atom stereocenters. The van der Waals surface area contributed by atoms with Crippen molar-refractivity contribution in [3.63, 3.8) is 0 Å². The van der Waals surface area contributed by atoms with Crippen LogP contribution in [-0.2, 0) is 4.74 Å². The number of amides is 1. The second-order valence-electron chi connectivity index (χ2n) is 5.62. The highest BCUT2D eigenvalue weighted by atomic mass is 16.5. The standard InChI is InChI=1S/C17H26N2O3/c1-19(15-7-9-18-10-8-15)17(20)14-5-3-6-16(13-14)22-12-4-11-21-2/h3,5-6,13,15,18H,4,7-12H2,1-2H3. The van der Waals surface area contributed by atoms with Crippen molar-refractivity contribution >= 4 is 5.91 Å². The van der Waals surface area contributed by atoms with Gasteiger partial charge in [-0.05, 0) is 44.1 Å². The Morgan fingerprint density at radius 1 is 1.32 bits per heavy atom. The number of ether oxygens (including phenoxy) is 2. The Balaban J connectivity index is 1.93. The topological polar surface area (TPSA) is 50.8 Å². The van der Waals surface area contributed by atoms with Crippen LogP contribution >= 0.6 is 0 Å². The van der Waals surface area contributed by atoms with Gasteiger partial charge in [0, 0.05) is 38.8 Å². The zero-order chi connectivity index (χ0) is 15.8. The fraction of sp³-hybridized carbons (Fsp3) is 0.588. The molecule has 1 aromatic carbocycles. The first kappa shape index (κ1) is 16.8. The lowest BCUT2D eigenvalue weighted by molar-refractivity contribution is 0.0702. The average Bonchev–Trinajstić information content (AvgIpc) is 2.58. The largest absolute Gasteiger partial charge is 0.493 e. The summed E-state index contributed by atoms with van der Waals surface area (Å²) in [5.74, 6) is 0.801. The van der Waals surface area contributed by atoms with Crippen molar-refractivity contribution in [2.75, 3.05) is 40.5 Å². The SMILES string of the molecule is COCCCOc1cccc(C(=O)N(C)C2CCNCC2)c1. The average molecular weight is 306 g/mol. The molecule has 0 radical (unpaired) electrons. The number of carbonyl (C=O) groups is 1. The van der Waals surface area contributed by atoms with E-state index in [0.29, 0.717) is 24.8 Å². The fourth-order valence-corrected chi connectivity index (χ4v) is 2.68. The third-order valence-electron chi connectivity index (χ3n) is 4.02. The van der Waals surface area contributed by atoms with Crippen molar-refractivity contribution in [3.05, 3.63) is 29.8 Å². The van der Waals surface area contributed by atoms with Crippen molar-refractivity contribution in [2.45, 2.75) is 25.3 Å². The summed E-state index contributed by atoms with van der Waals surface area (Å²) in [6.07, 6.45) is 2.86. The second-order valence-corrected chi connectivity index (χ2v) is 5.62. The highest BCUT2D eigenvalue weighted by Gasteiger charge is 2.22. The van der Waals surface area contributed by atoms with E-state index in [1.165, 1.54) is 0 Å². The molecule has 2 rings (SSSR count). The summed E-state index contributed by atoms with van der Waals surface area (Å²) < 4.78 is 10.7. The van der Waals surface area contributed by atoms with Gasteiger partial charge in [-0.15, -0.1) is 0 Å². The molecule has 1 heterocycles. The minimum Gasteiger partial charge on any atom is -0.493 e. The Bertz CT molecular complexity index is 473. The Labute approximate surface area is 132 Å². The number of hydrogen-bond donors (Lipinski definition) is 1. The van der Waals surface area contributed by atoms with E-state index in [4.69, 9.17) is 9.47 Å². The lowest BCUT2D eigenvalue weighted by Gasteiger charge is -2.31. The Kier molecular flexibility index (Phi) is 6.68. The summed E-state index contributed by atoms with van der Waals surface area (Å²) in [6.45, 7) is 3.22. The van der Waals surface area contributed by atoms with E-state index in [1.54, 1.807) is 7.11 Å². The summed E-state index contributed by atoms with van der Waals surface area (Å²) in [5, 5.41) is 3.32. The highest BCUT2D eigenvalue weighted by Crippen LogP contribution is 2.18. The van der Waals surface area contributed by atoms with Crippen LogP contribution in [0.25, 0.3) is 0 Å². The molecular weight excluding hydrogens is 280 g/mol. The number of methoxy groups -OCH3 is 1. The van der Waals surface area contributed by atoms with Crippen LogP contribution < -0.4 is 10.1 Å². The maximum Gasteiger partial charge on any atom is 0.253 e. The molecule has 1 saturated heterocycles. The first-order valence-electron chi connectivity index (χ1n) is 7.92. The van der Waals surface area contributed by atoms with Crippen LogP contribution in [0.1, 0.15) is 29.6 Å². The molecular formula is C17H26N2O3. The van der Waals surface area contributed by atoms with Crippen LogP contribution in [0, 0.1) is 0 Å². The number of nitrogens with one attached hydrogen (secondary N) is 1. The number of hydrogen-bond acceptors (Lipinski definition) is 4. The van der Waals surface area contributed by atoms with Crippen LogP contribution in [0.4, 0.5) is 0 Å². The van der Waals surface area contributed by atoms with Gasteiger partial charge in [-0.1, -0.05) is 6.07 Å². The maximum atomic E-state index is 12.6. The molecule has 1 aliphatic heterocycles. The molecule has 0 atom stereocenters. The molecule has 0 aliphatic carbocycles. The molecule has 1 N–H and O–H groups in total.